The SMILES string of the molecule is COc1cccc(Nc2nc(N)nc3c2ncn3C2CCCCO2)c1OC. The van der Waals surface area contributed by atoms with Gasteiger partial charge in [-0.15, -0.1) is 0 Å². The summed E-state index contributed by atoms with van der Waals surface area (Å²) < 4.78 is 18.6. The molecule has 1 aliphatic heterocycles. The van der Waals surface area contributed by atoms with Gasteiger partial charge < -0.3 is 25.3 Å². The van der Waals surface area contributed by atoms with E-state index < -0.39 is 0 Å². The van der Waals surface area contributed by atoms with Crippen LogP contribution in [0, 0.1) is 0 Å². The number of anilines is 3. The first-order valence-corrected chi connectivity index (χ1v) is 8.81. The third-order valence-electron chi connectivity index (χ3n) is 4.56. The number of rotatable bonds is 5. The van der Waals surface area contributed by atoms with Crippen molar-refractivity contribution in [2.24, 2.45) is 0 Å². The Morgan fingerprint density at radius 1 is 1.22 bits per heavy atom. The highest BCUT2D eigenvalue weighted by Gasteiger charge is 2.21. The Bertz CT molecular complexity index is 952. The number of nitrogens with zero attached hydrogens (tertiary/aromatic N) is 4. The van der Waals surface area contributed by atoms with Crippen molar-refractivity contribution < 1.29 is 14.2 Å². The molecule has 1 aliphatic rings. The molecule has 2 aromatic heterocycles. The summed E-state index contributed by atoms with van der Waals surface area (Å²) in [4.78, 5) is 13.2. The summed E-state index contributed by atoms with van der Waals surface area (Å²) in [6.07, 6.45) is 4.74. The van der Waals surface area contributed by atoms with Crippen LogP contribution in [0.2, 0.25) is 0 Å². The van der Waals surface area contributed by atoms with E-state index in [4.69, 9.17) is 19.9 Å². The van der Waals surface area contributed by atoms with Gasteiger partial charge in [-0.1, -0.05) is 6.07 Å². The smallest absolute Gasteiger partial charge is 0.224 e. The predicted octanol–water partition coefficient (Wildman–Crippen LogP) is 2.87. The quantitative estimate of drug-likeness (QED) is 0.705. The molecule has 3 aromatic rings. The van der Waals surface area contributed by atoms with E-state index in [0.717, 1.165) is 25.9 Å². The highest BCUT2D eigenvalue weighted by atomic mass is 16.5. The van der Waals surface area contributed by atoms with Crippen LogP contribution in [0.1, 0.15) is 25.5 Å². The lowest BCUT2D eigenvalue weighted by atomic mass is 10.2. The maximum Gasteiger partial charge on any atom is 0.224 e. The Labute approximate surface area is 156 Å². The molecule has 0 radical (unpaired) electrons. The fourth-order valence-electron chi connectivity index (χ4n) is 3.29. The zero-order valence-electron chi connectivity index (χ0n) is 15.3. The molecule has 0 aliphatic carbocycles. The van der Waals surface area contributed by atoms with Gasteiger partial charge in [0, 0.05) is 6.61 Å². The van der Waals surface area contributed by atoms with Gasteiger partial charge in [0.15, 0.2) is 28.5 Å². The topological polar surface area (TPSA) is 109 Å². The zero-order chi connectivity index (χ0) is 18.8. The molecule has 1 aromatic carbocycles. The molecule has 3 heterocycles. The Kier molecular flexibility index (Phi) is 4.68. The van der Waals surface area contributed by atoms with Crippen LogP contribution in [-0.2, 0) is 4.74 Å². The Balaban J connectivity index is 1.76. The maximum atomic E-state index is 5.96. The summed E-state index contributed by atoms with van der Waals surface area (Å²) in [5, 5.41) is 3.25. The Hall–Kier alpha value is -3.07. The molecule has 1 saturated heterocycles. The summed E-state index contributed by atoms with van der Waals surface area (Å²) in [6, 6.07) is 5.55. The number of ether oxygens (including phenoxy) is 3. The van der Waals surface area contributed by atoms with Crippen LogP contribution in [-0.4, -0.2) is 40.3 Å². The number of benzene rings is 1. The highest BCUT2D eigenvalue weighted by molar-refractivity contribution is 5.87. The molecule has 1 atom stereocenters. The first-order chi connectivity index (χ1) is 13.2. The van der Waals surface area contributed by atoms with Gasteiger partial charge in [-0.2, -0.15) is 9.97 Å². The molecule has 1 unspecified atom stereocenters. The maximum absolute atomic E-state index is 5.96. The van der Waals surface area contributed by atoms with E-state index in [1.165, 1.54) is 0 Å². The van der Waals surface area contributed by atoms with E-state index >= 15 is 0 Å². The zero-order valence-corrected chi connectivity index (χ0v) is 15.3. The van der Waals surface area contributed by atoms with Crippen molar-refractivity contribution in [2.45, 2.75) is 25.5 Å². The first-order valence-electron chi connectivity index (χ1n) is 8.81. The van der Waals surface area contributed by atoms with Crippen molar-refractivity contribution in [1.29, 1.82) is 0 Å². The van der Waals surface area contributed by atoms with Gasteiger partial charge in [-0.3, -0.25) is 4.57 Å². The third-order valence-corrected chi connectivity index (χ3v) is 4.56. The molecule has 0 amide bonds. The van der Waals surface area contributed by atoms with Crippen LogP contribution in [0.15, 0.2) is 24.5 Å². The van der Waals surface area contributed by atoms with Crippen LogP contribution >= 0.6 is 0 Å². The highest BCUT2D eigenvalue weighted by Crippen LogP contribution is 2.37. The van der Waals surface area contributed by atoms with Crippen molar-refractivity contribution in [3.05, 3.63) is 24.5 Å². The summed E-state index contributed by atoms with van der Waals surface area (Å²) >= 11 is 0. The number of nitrogens with one attached hydrogen (secondary N) is 1. The van der Waals surface area contributed by atoms with Gasteiger partial charge >= 0.3 is 0 Å². The molecular formula is C18H22N6O3. The van der Waals surface area contributed by atoms with Gasteiger partial charge in [-0.05, 0) is 31.4 Å². The third kappa shape index (κ3) is 3.21. The second-order valence-corrected chi connectivity index (χ2v) is 6.24. The number of nitrogens with two attached hydrogens (primary N) is 1. The molecule has 3 N–H and O–H groups in total. The van der Waals surface area contributed by atoms with Crippen molar-refractivity contribution >= 4 is 28.6 Å². The number of aromatic nitrogens is 4. The predicted molar refractivity (Wildman–Crippen MR) is 101 cm³/mol. The van der Waals surface area contributed by atoms with E-state index in [1.807, 2.05) is 22.8 Å². The van der Waals surface area contributed by atoms with E-state index in [1.54, 1.807) is 20.5 Å². The minimum absolute atomic E-state index is 0.0859. The first kappa shape index (κ1) is 17.3. The van der Waals surface area contributed by atoms with Crippen LogP contribution in [0.25, 0.3) is 11.2 Å². The minimum Gasteiger partial charge on any atom is -0.493 e. The van der Waals surface area contributed by atoms with Crippen LogP contribution in [0.3, 0.4) is 0 Å². The fourth-order valence-corrected chi connectivity index (χ4v) is 3.29. The molecule has 9 heteroatoms. The largest absolute Gasteiger partial charge is 0.493 e. The summed E-state index contributed by atoms with van der Waals surface area (Å²) in [6.45, 7) is 0.733. The number of hydrogen-bond acceptors (Lipinski definition) is 8. The standard InChI is InChI=1S/C18H22N6O3/c1-25-12-7-5-6-11(15(12)26-2)21-16-14-17(23-18(19)22-16)24(10-20-14)13-8-3-4-9-27-13/h5-7,10,13H,3-4,8-9H2,1-2H3,(H3,19,21,22,23). The van der Waals surface area contributed by atoms with Crippen molar-refractivity contribution in [1.82, 2.24) is 19.5 Å². The molecule has 9 nitrogen and oxygen atoms in total. The molecular weight excluding hydrogens is 348 g/mol. The number of methoxy groups -OCH3 is 2. The van der Waals surface area contributed by atoms with Gasteiger partial charge in [0.2, 0.25) is 5.95 Å². The molecule has 1 fully saturated rings. The molecule has 0 saturated carbocycles. The lowest BCUT2D eigenvalue weighted by Crippen LogP contribution is -2.18. The molecule has 142 valence electrons. The lowest BCUT2D eigenvalue weighted by Gasteiger charge is -2.23. The number of nitrogen functional groups attached to an aromatic ring is 1. The van der Waals surface area contributed by atoms with E-state index in [2.05, 4.69) is 20.3 Å². The van der Waals surface area contributed by atoms with Crippen LogP contribution < -0.4 is 20.5 Å². The van der Waals surface area contributed by atoms with Crippen LogP contribution in [0.5, 0.6) is 11.5 Å². The van der Waals surface area contributed by atoms with Gasteiger partial charge in [0.1, 0.15) is 6.23 Å². The van der Waals surface area contributed by atoms with Crippen molar-refractivity contribution in [3.8, 4) is 11.5 Å². The van der Waals surface area contributed by atoms with Crippen molar-refractivity contribution in [3.63, 3.8) is 0 Å². The molecule has 0 bridgehead atoms. The van der Waals surface area contributed by atoms with E-state index in [0.29, 0.717) is 34.2 Å². The van der Waals surface area contributed by atoms with Crippen LogP contribution in [0.4, 0.5) is 17.5 Å². The average molecular weight is 370 g/mol. The van der Waals surface area contributed by atoms with Gasteiger partial charge in [-0.25, -0.2) is 4.98 Å². The summed E-state index contributed by atoms with van der Waals surface area (Å²) in [7, 11) is 3.18. The average Bonchev–Trinajstić information content (AvgIpc) is 3.12. The fraction of sp³-hybridized carbons (Fsp3) is 0.389. The summed E-state index contributed by atoms with van der Waals surface area (Å²) in [5.74, 6) is 1.84. The van der Waals surface area contributed by atoms with E-state index in [9.17, 15) is 0 Å². The Morgan fingerprint density at radius 2 is 2.11 bits per heavy atom. The van der Waals surface area contributed by atoms with Gasteiger partial charge in [0.25, 0.3) is 0 Å². The number of hydrogen-bond donors (Lipinski definition) is 2. The number of fused-ring (bicyclic) bond motifs is 1. The van der Waals surface area contributed by atoms with Crippen molar-refractivity contribution in [2.75, 3.05) is 31.9 Å². The molecule has 4 rings (SSSR count). The molecule has 0 spiro atoms. The minimum atomic E-state index is -0.0859. The second kappa shape index (κ2) is 7.28. The summed E-state index contributed by atoms with van der Waals surface area (Å²) in [5.41, 5.74) is 7.91. The Morgan fingerprint density at radius 3 is 2.85 bits per heavy atom. The van der Waals surface area contributed by atoms with E-state index in [-0.39, 0.29) is 12.2 Å². The van der Waals surface area contributed by atoms with Gasteiger partial charge in [0.05, 0.1) is 26.2 Å². The number of para-hydroxylation sites is 1. The normalized spacial score (nSPS) is 17.0. The number of imidazole rings is 1. The molecule has 27 heavy (non-hydrogen) atoms. The monoisotopic (exact) mass is 370 g/mol. The lowest BCUT2D eigenvalue weighted by molar-refractivity contribution is -0.0298. The second-order valence-electron chi connectivity index (χ2n) is 6.24.